The van der Waals surface area contributed by atoms with Gasteiger partial charge in [-0.25, -0.2) is 9.37 Å². The highest BCUT2D eigenvalue weighted by Gasteiger charge is 2.29. The largest absolute Gasteiger partial charge is 0.328 e. The summed E-state index contributed by atoms with van der Waals surface area (Å²) in [4.78, 5) is 34.2. The van der Waals surface area contributed by atoms with E-state index in [1.807, 2.05) is 36.1 Å². The van der Waals surface area contributed by atoms with Gasteiger partial charge in [0.15, 0.2) is 0 Å². The lowest BCUT2D eigenvalue weighted by atomic mass is 10.1. The summed E-state index contributed by atoms with van der Waals surface area (Å²) in [6.45, 7) is 4.60. The average molecular weight is 506 g/mol. The molecule has 4 aromatic rings. The predicted octanol–water partition coefficient (Wildman–Crippen LogP) is 6.96. The first-order valence-electron chi connectivity index (χ1n) is 12.3. The number of para-hydroxylation sites is 1. The highest BCUT2D eigenvalue weighted by atomic mass is 35.5. The molecule has 1 heterocycles. The summed E-state index contributed by atoms with van der Waals surface area (Å²) in [5.41, 5.74) is 1.23. The molecule has 3 aromatic carbocycles. The van der Waals surface area contributed by atoms with Gasteiger partial charge in [-0.2, -0.15) is 0 Å². The molecule has 0 aliphatic rings. The summed E-state index contributed by atoms with van der Waals surface area (Å²) in [6.07, 6.45) is 3.34. The van der Waals surface area contributed by atoms with Crippen LogP contribution in [0.25, 0.3) is 16.6 Å². The van der Waals surface area contributed by atoms with Crippen molar-refractivity contribution < 1.29 is 9.18 Å². The predicted molar refractivity (Wildman–Crippen MR) is 142 cm³/mol. The third-order valence-corrected chi connectivity index (χ3v) is 6.60. The molecule has 5 nitrogen and oxygen atoms in total. The molecule has 0 aliphatic heterocycles. The third-order valence-electron chi connectivity index (χ3n) is 6.31. The zero-order valence-corrected chi connectivity index (χ0v) is 21.2. The molecule has 0 bridgehead atoms. The van der Waals surface area contributed by atoms with Crippen LogP contribution in [0, 0.1) is 5.82 Å². The van der Waals surface area contributed by atoms with Crippen molar-refractivity contribution in [1.29, 1.82) is 0 Å². The van der Waals surface area contributed by atoms with Gasteiger partial charge in [0, 0.05) is 12.1 Å². The van der Waals surface area contributed by atoms with E-state index in [0.717, 1.165) is 19.3 Å². The molecule has 186 valence electrons. The van der Waals surface area contributed by atoms with Crippen LogP contribution in [0.4, 0.5) is 4.39 Å². The van der Waals surface area contributed by atoms with E-state index < -0.39 is 11.9 Å². The van der Waals surface area contributed by atoms with Crippen LogP contribution >= 0.6 is 11.6 Å². The number of halogens is 2. The van der Waals surface area contributed by atoms with E-state index in [0.29, 0.717) is 40.9 Å². The zero-order chi connectivity index (χ0) is 25.7. The molecule has 4 rings (SSSR count). The van der Waals surface area contributed by atoms with E-state index in [-0.39, 0.29) is 16.5 Å². The lowest BCUT2D eigenvalue weighted by molar-refractivity contribution is 0.0655. The SMILES string of the molecule is CCCCCN(C(=O)c1ccccc1)C(CC)c1nc2ccccc2c(=O)n1-c1ccc(F)c(Cl)c1. The molecule has 7 heteroatoms. The minimum atomic E-state index is -0.573. The molecule has 0 radical (unpaired) electrons. The molecule has 0 spiro atoms. The van der Waals surface area contributed by atoms with Gasteiger partial charge in [0.2, 0.25) is 0 Å². The Hall–Kier alpha value is -3.51. The quantitative estimate of drug-likeness (QED) is 0.231. The number of hydrogen-bond donors (Lipinski definition) is 0. The smallest absolute Gasteiger partial charge is 0.266 e. The van der Waals surface area contributed by atoms with Gasteiger partial charge in [0.05, 0.1) is 27.7 Å². The fourth-order valence-electron chi connectivity index (χ4n) is 4.47. The van der Waals surface area contributed by atoms with E-state index in [4.69, 9.17) is 16.6 Å². The van der Waals surface area contributed by atoms with E-state index in [1.165, 1.54) is 22.8 Å². The summed E-state index contributed by atoms with van der Waals surface area (Å²) < 4.78 is 15.5. The Labute approximate surface area is 215 Å². The highest BCUT2D eigenvalue weighted by molar-refractivity contribution is 6.30. The molecular weight excluding hydrogens is 477 g/mol. The van der Waals surface area contributed by atoms with Crippen LogP contribution in [0.15, 0.2) is 77.6 Å². The van der Waals surface area contributed by atoms with Gasteiger partial charge in [0.1, 0.15) is 11.6 Å². The Kier molecular flexibility index (Phi) is 8.16. The maximum absolute atomic E-state index is 14.0. The Morgan fingerprint density at radius 1 is 1.03 bits per heavy atom. The molecule has 0 N–H and O–H groups in total. The van der Waals surface area contributed by atoms with Gasteiger partial charge in [-0.3, -0.25) is 14.2 Å². The molecule has 1 unspecified atom stereocenters. The number of carbonyl (C=O) groups excluding carboxylic acids is 1. The molecule has 36 heavy (non-hydrogen) atoms. The molecule has 1 amide bonds. The minimum absolute atomic E-state index is 0.0910. The number of benzene rings is 3. The molecule has 0 saturated heterocycles. The molecule has 0 saturated carbocycles. The van der Waals surface area contributed by atoms with Crippen molar-refractivity contribution in [3.8, 4) is 5.69 Å². The second-order valence-corrected chi connectivity index (χ2v) is 9.13. The second kappa shape index (κ2) is 11.5. The number of unbranched alkanes of at least 4 members (excludes halogenated alkanes) is 2. The van der Waals surface area contributed by atoms with Crippen molar-refractivity contribution in [1.82, 2.24) is 14.5 Å². The zero-order valence-electron chi connectivity index (χ0n) is 20.5. The van der Waals surface area contributed by atoms with Gasteiger partial charge in [-0.15, -0.1) is 0 Å². The summed E-state index contributed by atoms with van der Waals surface area (Å²) in [5.74, 6) is -0.273. The van der Waals surface area contributed by atoms with Crippen molar-refractivity contribution >= 4 is 28.4 Å². The van der Waals surface area contributed by atoms with Crippen molar-refractivity contribution in [3.05, 3.63) is 105 Å². The number of aromatic nitrogens is 2. The normalized spacial score (nSPS) is 12.0. The molecular formula is C29H29ClFN3O2. The topological polar surface area (TPSA) is 55.2 Å². The first-order chi connectivity index (χ1) is 17.5. The van der Waals surface area contributed by atoms with E-state index >= 15 is 0 Å². The fraction of sp³-hybridized carbons (Fsp3) is 0.276. The number of rotatable bonds is 9. The number of hydrogen-bond acceptors (Lipinski definition) is 3. The number of amides is 1. The third kappa shape index (κ3) is 5.19. The van der Waals surface area contributed by atoms with E-state index in [2.05, 4.69) is 6.92 Å². The maximum Gasteiger partial charge on any atom is 0.266 e. The van der Waals surface area contributed by atoms with Crippen LogP contribution in [0.1, 0.15) is 61.8 Å². The van der Waals surface area contributed by atoms with Crippen molar-refractivity contribution in [2.45, 2.75) is 45.6 Å². The Balaban J connectivity index is 1.94. The standard InChI is InChI=1S/C29H29ClFN3O2/c1-3-5-11-18-33(28(35)20-12-7-6-8-13-20)26(4-2)27-32-25-15-10-9-14-22(25)29(36)34(27)21-16-17-24(31)23(30)19-21/h6-10,12-17,19,26H,3-5,11,18H2,1-2H3. The Morgan fingerprint density at radius 3 is 2.44 bits per heavy atom. The molecule has 1 atom stereocenters. The van der Waals surface area contributed by atoms with Gasteiger partial charge in [-0.05, 0) is 55.3 Å². The van der Waals surface area contributed by atoms with Crippen LogP contribution < -0.4 is 5.56 Å². The Morgan fingerprint density at radius 2 is 1.75 bits per heavy atom. The summed E-state index contributed by atoms with van der Waals surface area (Å²) in [7, 11) is 0. The van der Waals surface area contributed by atoms with Gasteiger partial charge in [0.25, 0.3) is 11.5 Å². The lowest BCUT2D eigenvalue weighted by Gasteiger charge is -2.32. The van der Waals surface area contributed by atoms with E-state index in [1.54, 1.807) is 30.3 Å². The van der Waals surface area contributed by atoms with Gasteiger partial charge >= 0.3 is 0 Å². The summed E-state index contributed by atoms with van der Waals surface area (Å²) >= 11 is 6.10. The van der Waals surface area contributed by atoms with Crippen LogP contribution in [0.5, 0.6) is 0 Å². The van der Waals surface area contributed by atoms with Crippen LogP contribution in [-0.2, 0) is 0 Å². The summed E-state index contributed by atoms with van der Waals surface area (Å²) in [6, 6.07) is 19.9. The lowest BCUT2D eigenvalue weighted by Crippen LogP contribution is -2.39. The van der Waals surface area contributed by atoms with Crippen molar-refractivity contribution in [2.75, 3.05) is 6.54 Å². The van der Waals surface area contributed by atoms with Crippen LogP contribution in [-0.4, -0.2) is 26.9 Å². The van der Waals surface area contributed by atoms with Crippen molar-refractivity contribution in [2.24, 2.45) is 0 Å². The first kappa shape index (κ1) is 25.6. The molecule has 1 aromatic heterocycles. The van der Waals surface area contributed by atoms with Crippen molar-refractivity contribution in [3.63, 3.8) is 0 Å². The average Bonchev–Trinajstić information content (AvgIpc) is 2.90. The highest BCUT2D eigenvalue weighted by Crippen LogP contribution is 2.29. The van der Waals surface area contributed by atoms with E-state index in [9.17, 15) is 14.0 Å². The number of nitrogens with zero attached hydrogens (tertiary/aromatic N) is 3. The fourth-order valence-corrected chi connectivity index (χ4v) is 4.64. The number of fused-ring (bicyclic) bond motifs is 1. The second-order valence-electron chi connectivity index (χ2n) is 8.72. The minimum Gasteiger partial charge on any atom is -0.328 e. The maximum atomic E-state index is 14.0. The van der Waals surface area contributed by atoms with Gasteiger partial charge < -0.3 is 4.90 Å². The van der Waals surface area contributed by atoms with Gasteiger partial charge in [-0.1, -0.05) is 68.6 Å². The van der Waals surface area contributed by atoms with Crippen LogP contribution in [0.2, 0.25) is 5.02 Å². The monoisotopic (exact) mass is 505 g/mol. The number of carbonyl (C=O) groups is 1. The van der Waals surface area contributed by atoms with Crippen LogP contribution in [0.3, 0.4) is 0 Å². The first-order valence-corrected chi connectivity index (χ1v) is 12.7. The summed E-state index contributed by atoms with van der Waals surface area (Å²) in [5, 5.41) is 0.343. The molecule has 0 fully saturated rings. The Bertz CT molecular complexity index is 1420. The molecule has 0 aliphatic carbocycles.